The second-order valence-electron chi connectivity index (χ2n) is 1.39. The molecule has 0 fully saturated rings. The minimum Gasteiger partial charge on any atom is -0.730 e. The first-order chi connectivity index (χ1) is 4.58. The molecular formula is C2H3N4NaO3S. The van der Waals surface area contributed by atoms with E-state index in [0.717, 1.165) is 12.7 Å². The molecule has 56 valence electrons. The summed E-state index contributed by atoms with van der Waals surface area (Å²) in [6.45, 7) is 0. The summed E-state index contributed by atoms with van der Waals surface area (Å²) < 4.78 is 29.8. The SMILES string of the molecule is O=S(=O)([O-])Nn1cncn1.[Na+]. The molecule has 0 atom stereocenters. The minimum atomic E-state index is -4.49. The molecule has 0 aromatic carbocycles. The van der Waals surface area contributed by atoms with Gasteiger partial charge < -0.3 is 4.55 Å². The molecule has 0 amide bonds. The summed E-state index contributed by atoms with van der Waals surface area (Å²) in [5, 5.41) is 3.32. The maximum Gasteiger partial charge on any atom is 1.00 e. The van der Waals surface area contributed by atoms with E-state index in [1.165, 1.54) is 4.83 Å². The molecule has 1 aromatic rings. The fourth-order valence-electron chi connectivity index (χ4n) is 0.370. The van der Waals surface area contributed by atoms with Crippen molar-refractivity contribution in [1.29, 1.82) is 0 Å². The van der Waals surface area contributed by atoms with Crippen LogP contribution < -0.4 is 34.4 Å². The second-order valence-corrected chi connectivity index (χ2v) is 2.48. The van der Waals surface area contributed by atoms with E-state index in [1.807, 2.05) is 0 Å². The molecule has 1 rings (SSSR count). The van der Waals surface area contributed by atoms with E-state index in [4.69, 9.17) is 0 Å². The summed E-state index contributed by atoms with van der Waals surface area (Å²) in [4.78, 5) is 5.61. The van der Waals surface area contributed by atoms with Crippen molar-refractivity contribution < 1.29 is 42.5 Å². The maximum atomic E-state index is 9.94. The van der Waals surface area contributed by atoms with Gasteiger partial charge in [0.15, 0.2) is 10.3 Å². The van der Waals surface area contributed by atoms with Crippen molar-refractivity contribution in [2.24, 2.45) is 0 Å². The number of hydrogen-bond donors (Lipinski definition) is 1. The molecule has 0 aliphatic rings. The molecule has 9 heteroatoms. The number of aromatic nitrogens is 3. The monoisotopic (exact) mass is 186 g/mol. The molecule has 0 saturated heterocycles. The smallest absolute Gasteiger partial charge is 0.730 e. The molecule has 7 nitrogen and oxygen atoms in total. The Bertz CT molecular complexity index is 293. The van der Waals surface area contributed by atoms with E-state index in [9.17, 15) is 13.0 Å². The van der Waals surface area contributed by atoms with Crippen LogP contribution in [0.2, 0.25) is 0 Å². The standard InChI is InChI=1S/C2H4N4O3S.Na/c7-10(8,9)5-6-2-3-1-4-6;/h1-2,5H,(H,7,8,9);/q;+1/p-1. The summed E-state index contributed by atoms with van der Waals surface area (Å²) in [6.07, 6.45) is 2.15. The first-order valence-corrected chi connectivity index (χ1v) is 3.57. The Morgan fingerprint density at radius 2 is 2.18 bits per heavy atom. The van der Waals surface area contributed by atoms with Gasteiger partial charge in [0.1, 0.15) is 12.7 Å². The number of hydrogen-bond acceptors (Lipinski definition) is 5. The normalized spacial score (nSPS) is 10.3. The molecule has 0 bridgehead atoms. The van der Waals surface area contributed by atoms with E-state index < -0.39 is 10.3 Å². The van der Waals surface area contributed by atoms with Crippen molar-refractivity contribution in [1.82, 2.24) is 14.9 Å². The third kappa shape index (κ3) is 4.32. The van der Waals surface area contributed by atoms with E-state index >= 15 is 0 Å². The average molecular weight is 186 g/mol. The summed E-state index contributed by atoms with van der Waals surface area (Å²) in [6, 6.07) is 0. The van der Waals surface area contributed by atoms with Gasteiger partial charge in [-0.3, -0.25) is 0 Å². The van der Waals surface area contributed by atoms with Crippen molar-refractivity contribution in [3.05, 3.63) is 12.7 Å². The Balaban J connectivity index is 0.000001000. The molecule has 0 radical (unpaired) electrons. The Kier molecular flexibility index (Phi) is 3.97. The Morgan fingerprint density at radius 1 is 1.55 bits per heavy atom. The van der Waals surface area contributed by atoms with Crippen LogP contribution in [0.3, 0.4) is 0 Å². The van der Waals surface area contributed by atoms with Gasteiger partial charge in [-0.1, -0.05) is 0 Å². The van der Waals surface area contributed by atoms with Gasteiger partial charge in [-0.05, 0) is 0 Å². The van der Waals surface area contributed by atoms with Crippen LogP contribution in [0.4, 0.5) is 0 Å². The molecule has 0 saturated carbocycles. The third-order valence-electron chi connectivity index (χ3n) is 0.624. The van der Waals surface area contributed by atoms with Gasteiger partial charge in [0.2, 0.25) is 0 Å². The van der Waals surface area contributed by atoms with Crippen molar-refractivity contribution in [3.8, 4) is 0 Å². The van der Waals surface area contributed by atoms with Crippen LogP contribution in [0.1, 0.15) is 0 Å². The van der Waals surface area contributed by atoms with Crippen LogP contribution >= 0.6 is 0 Å². The van der Waals surface area contributed by atoms with Crippen molar-refractivity contribution in [3.63, 3.8) is 0 Å². The number of nitrogens with zero attached hydrogens (tertiary/aromatic N) is 3. The molecule has 1 N–H and O–H groups in total. The fourth-order valence-corrected chi connectivity index (χ4v) is 0.693. The fraction of sp³-hybridized carbons (Fsp3) is 0. The topological polar surface area (TPSA) is 99.9 Å². The Hall–Kier alpha value is -0.150. The Labute approximate surface area is 85.0 Å². The molecule has 0 spiro atoms. The van der Waals surface area contributed by atoms with Crippen LogP contribution in [-0.2, 0) is 10.3 Å². The van der Waals surface area contributed by atoms with Gasteiger partial charge in [-0.2, -0.15) is 4.79 Å². The second kappa shape index (κ2) is 4.02. The van der Waals surface area contributed by atoms with E-state index in [-0.39, 0.29) is 29.6 Å². The summed E-state index contributed by atoms with van der Waals surface area (Å²) in [5.41, 5.74) is 0. The molecule has 0 aliphatic carbocycles. The van der Waals surface area contributed by atoms with Gasteiger partial charge in [-0.15, -0.1) is 5.10 Å². The molecule has 1 heterocycles. The van der Waals surface area contributed by atoms with Gasteiger partial charge in [0.05, 0.1) is 0 Å². The molecule has 0 aliphatic heterocycles. The molecule has 0 unspecified atom stereocenters. The minimum absolute atomic E-state index is 0. The number of nitrogens with one attached hydrogen (secondary N) is 1. The molecule has 1 aromatic heterocycles. The molecular weight excluding hydrogens is 183 g/mol. The average Bonchev–Trinajstić information content (AvgIpc) is 2.12. The predicted molar refractivity (Wildman–Crippen MR) is 29.1 cm³/mol. The zero-order valence-corrected chi connectivity index (χ0v) is 8.45. The molecule has 11 heavy (non-hydrogen) atoms. The third-order valence-corrected chi connectivity index (χ3v) is 1.03. The van der Waals surface area contributed by atoms with E-state index in [2.05, 4.69) is 10.1 Å². The summed E-state index contributed by atoms with van der Waals surface area (Å²) in [5.74, 6) is 0. The largest absolute Gasteiger partial charge is 1.00 e. The van der Waals surface area contributed by atoms with Crippen LogP contribution in [0.5, 0.6) is 0 Å². The number of rotatable bonds is 2. The van der Waals surface area contributed by atoms with Gasteiger partial charge >= 0.3 is 29.6 Å². The Morgan fingerprint density at radius 3 is 2.55 bits per heavy atom. The maximum absolute atomic E-state index is 9.94. The van der Waals surface area contributed by atoms with Crippen LogP contribution in [0, 0.1) is 0 Å². The first kappa shape index (κ1) is 10.8. The van der Waals surface area contributed by atoms with Crippen molar-refractivity contribution >= 4 is 10.3 Å². The van der Waals surface area contributed by atoms with Crippen molar-refractivity contribution in [2.45, 2.75) is 0 Å². The van der Waals surface area contributed by atoms with Gasteiger partial charge in [0, 0.05) is 0 Å². The summed E-state index contributed by atoms with van der Waals surface area (Å²) in [7, 11) is -4.49. The van der Waals surface area contributed by atoms with E-state index in [0.29, 0.717) is 4.79 Å². The van der Waals surface area contributed by atoms with Crippen LogP contribution in [-0.4, -0.2) is 27.8 Å². The summed E-state index contributed by atoms with van der Waals surface area (Å²) >= 11 is 0. The predicted octanol–water partition coefficient (Wildman–Crippen LogP) is -4.71. The zero-order chi connectivity index (χ0) is 7.61. The first-order valence-electron chi connectivity index (χ1n) is 2.16. The van der Waals surface area contributed by atoms with Crippen molar-refractivity contribution in [2.75, 3.05) is 4.83 Å². The van der Waals surface area contributed by atoms with Gasteiger partial charge in [-0.25, -0.2) is 18.2 Å². The van der Waals surface area contributed by atoms with Gasteiger partial charge in [0.25, 0.3) is 0 Å². The van der Waals surface area contributed by atoms with Crippen LogP contribution in [0.15, 0.2) is 12.7 Å². The van der Waals surface area contributed by atoms with Crippen LogP contribution in [0.25, 0.3) is 0 Å². The zero-order valence-electron chi connectivity index (χ0n) is 5.63. The van der Waals surface area contributed by atoms with E-state index in [1.54, 1.807) is 0 Å². The quantitative estimate of drug-likeness (QED) is 0.369.